The Morgan fingerprint density at radius 2 is 1.70 bits per heavy atom. The van der Waals surface area contributed by atoms with Crippen LogP contribution in [0, 0.1) is 13.8 Å². The molecule has 3 aromatic rings. The van der Waals surface area contributed by atoms with Gasteiger partial charge in [0.25, 0.3) is 0 Å². The summed E-state index contributed by atoms with van der Waals surface area (Å²) in [7, 11) is 0. The van der Waals surface area contributed by atoms with Crippen LogP contribution < -0.4 is 10.9 Å². The predicted octanol–water partition coefficient (Wildman–Crippen LogP) is 3.73. The van der Waals surface area contributed by atoms with Crippen molar-refractivity contribution in [1.29, 1.82) is 0 Å². The standard InChI is InChI=1S/C21H19NO5/c1-12-8-18-16(10-20(24)27-19(18)9-13(12)2)11-26-21(25)15-4-6-17(7-5-15)22-14(3)23/h4-10H,11H2,1-3H3,(H,22,23). The van der Waals surface area contributed by atoms with Crippen molar-refractivity contribution < 1.29 is 18.7 Å². The summed E-state index contributed by atoms with van der Waals surface area (Å²) in [6.07, 6.45) is 0. The number of fused-ring (bicyclic) bond motifs is 1. The largest absolute Gasteiger partial charge is 0.457 e. The summed E-state index contributed by atoms with van der Waals surface area (Å²) in [4.78, 5) is 35.1. The minimum Gasteiger partial charge on any atom is -0.457 e. The van der Waals surface area contributed by atoms with E-state index in [9.17, 15) is 14.4 Å². The molecule has 6 nitrogen and oxygen atoms in total. The fraction of sp³-hybridized carbons (Fsp3) is 0.190. The third-order valence-corrected chi connectivity index (χ3v) is 4.24. The van der Waals surface area contributed by atoms with Crippen molar-refractivity contribution in [1.82, 2.24) is 0 Å². The quantitative estimate of drug-likeness (QED) is 0.562. The lowest BCUT2D eigenvalue weighted by atomic mass is 10.0. The van der Waals surface area contributed by atoms with Gasteiger partial charge in [0, 0.05) is 29.6 Å². The predicted molar refractivity (Wildman–Crippen MR) is 102 cm³/mol. The van der Waals surface area contributed by atoms with Crippen molar-refractivity contribution in [2.45, 2.75) is 27.4 Å². The molecule has 0 aliphatic rings. The van der Waals surface area contributed by atoms with Gasteiger partial charge in [-0.05, 0) is 61.4 Å². The smallest absolute Gasteiger partial charge is 0.338 e. The molecule has 0 saturated carbocycles. The first-order valence-electron chi connectivity index (χ1n) is 8.42. The normalized spacial score (nSPS) is 10.6. The van der Waals surface area contributed by atoms with Crippen molar-refractivity contribution in [2.75, 3.05) is 5.32 Å². The van der Waals surface area contributed by atoms with Crippen LogP contribution in [0.15, 0.2) is 51.7 Å². The van der Waals surface area contributed by atoms with Gasteiger partial charge in [-0.15, -0.1) is 0 Å². The van der Waals surface area contributed by atoms with Gasteiger partial charge in [0.05, 0.1) is 5.56 Å². The monoisotopic (exact) mass is 365 g/mol. The number of carbonyl (C=O) groups excluding carboxylic acids is 2. The van der Waals surface area contributed by atoms with E-state index in [1.165, 1.54) is 13.0 Å². The first-order valence-corrected chi connectivity index (χ1v) is 8.42. The lowest BCUT2D eigenvalue weighted by Gasteiger charge is -2.09. The molecule has 1 aromatic heterocycles. The Bertz CT molecular complexity index is 1080. The number of aryl methyl sites for hydroxylation is 2. The zero-order chi connectivity index (χ0) is 19.6. The average Bonchev–Trinajstić information content (AvgIpc) is 2.61. The fourth-order valence-electron chi connectivity index (χ4n) is 2.72. The molecular formula is C21H19NO5. The zero-order valence-corrected chi connectivity index (χ0v) is 15.3. The molecule has 138 valence electrons. The van der Waals surface area contributed by atoms with Crippen LogP contribution >= 0.6 is 0 Å². The topological polar surface area (TPSA) is 85.6 Å². The zero-order valence-electron chi connectivity index (χ0n) is 15.3. The van der Waals surface area contributed by atoms with E-state index >= 15 is 0 Å². The minimum absolute atomic E-state index is 0.0448. The molecule has 0 bridgehead atoms. The van der Waals surface area contributed by atoms with Crippen molar-refractivity contribution in [3.8, 4) is 0 Å². The van der Waals surface area contributed by atoms with E-state index in [2.05, 4.69) is 5.32 Å². The van der Waals surface area contributed by atoms with Gasteiger partial charge in [0.15, 0.2) is 0 Å². The van der Waals surface area contributed by atoms with Crippen molar-refractivity contribution in [2.24, 2.45) is 0 Å². The van der Waals surface area contributed by atoms with Gasteiger partial charge in [-0.25, -0.2) is 9.59 Å². The highest BCUT2D eigenvalue weighted by Gasteiger charge is 2.12. The number of benzene rings is 2. The van der Waals surface area contributed by atoms with Crippen LogP contribution in [0.4, 0.5) is 5.69 Å². The maximum Gasteiger partial charge on any atom is 0.338 e. The van der Waals surface area contributed by atoms with Crippen molar-refractivity contribution in [3.05, 3.63) is 75.1 Å². The molecule has 0 fully saturated rings. The molecule has 1 N–H and O–H groups in total. The summed E-state index contributed by atoms with van der Waals surface area (Å²) in [6.45, 7) is 5.27. The molecule has 0 unspecified atom stereocenters. The summed E-state index contributed by atoms with van der Waals surface area (Å²) in [6, 6.07) is 11.4. The van der Waals surface area contributed by atoms with Crippen LogP contribution in [0.25, 0.3) is 11.0 Å². The van der Waals surface area contributed by atoms with E-state index in [4.69, 9.17) is 9.15 Å². The molecular weight excluding hydrogens is 346 g/mol. The molecule has 0 aliphatic heterocycles. The molecule has 0 radical (unpaired) electrons. The van der Waals surface area contributed by atoms with Crippen LogP contribution in [0.3, 0.4) is 0 Å². The van der Waals surface area contributed by atoms with E-state index in [0.29, 0.717) is 22.4 Å². The molecule has 3 rings (SSSR count). The summed E-state index contributed by atoms with van der Waals surface area (Å²) in [5.74, 6) is -0.708. The second kappa shape index (κ2) is 7.45. The Kier molecular flexibility index (Phi) is 5.07. The Labute approximate surface area is 155 Å². The van der Waals surface area contributed by atoms with Gasteiger partial charge < -0.3 is 14.5 Å². The maximum atomic E-state index is 12.3. The molecule has 6 heteroatoms. The van der Waals surface area contributed by atoms with Crippen molar-refractivity contribution >= 4 is 28.5 Å². The molecule has 0 saturated heterocycles. The van der Waals surface area contributed by atoms with E-state index in [-0.39, 0.29) is 12.5 Å². The Morgan fingerprint density at radius 1 is 1.04 bits per heavy atom. The number of hydrogen-bond donors (Lipinski definition) is 1. The summed E-state index contributed by atoms with van der Waals surface area (Å²) in [5, 5.41) is 3.37. The van der Waals surface area contributed by atoms with Crippen LogP contribution in [0.2, 0.25) is 0 Å². The fourth-order valence-corrected chi connectivity index (χ4v) is 2.72. The molecule has 1 heterocycles. The summed E-state index contributed by atoms with van der Waals surface area (Å²) in [5.41, 5.74) is 3.58. The molecule has 27 heavy (non-hydrogen) atoms. The van der Waals surface area contributed by atoms with Gasteiger partial charge in [-0.3, -0.25) is 4.79 Å². The Balaban J connectivity index is 1.80. The van der Waals surface area contributed by atoms with Crippen LogP contribution in [0.5, 0.6) is 0 Å². The lowest BCUT2D eigenvalue weighted by Crippen LogP contribution is -2.09. The van der Waals surface area contributed by atoms with Gasteiger partial charge in [-0.2, -0.15) is 0 Å². The maximum absolute atomic E-state index is 12.3. The first kappa shape index (κ1) is 18.4. The van der Waals surface area contributed by atoms with Crippen molar-refractivity contribution in [3.63, 3.8) is 0 Å². The summed E-state index contributed by atoms with van der Waals surface area (Å²) < 4.78 is 10.6. The Hall–Kier alpha value is -3.41. The van der Waals surface area contributed by atoms with Gasteiger partial charge in [0.2, 0.25) is 5.91 Å². The van der Waals surface area contributed by atoms with E-state index < -0.39 is 11.6 Å². The number of carbonyl (C=O) groups is 2. The number of rotatable bonds is 4. The van der Waals surface area contributed by atoms with E-state index in [1.54, 1.807) is 30.3 Å². The number of anilines is 1. The van der Waals surface area contributed by atoms with Crippen LogP contribution in [0.1, 0.15) is 34.0 Å². The van der Waals surface area contributed by atoms with Gasteiger partial charge in [0.1, 0.15) is 12.2 Å². The second-order valence-electron chi connectivity index (χ2n) is 6.36. The highest BCUT2D eigenvalue weighted by molar-refractivity contribution is 5.92. The highest BCUT2D eigenvalue weighted by Crippen LogP contribution is 2.22. The summed E-state index contributed by atoms with van der Waals surface area (Å²) >= 11 is 0. The van der Waals surface area contributed by atoms with Crippen LogP contribution in [-0.2, 0) is 16.1 Å². The third kappa shape index (κ3) is 4.23. The minimum atomic E-state index is -0.519. The number of hydrogen-bond acceptors (Lipinski definition) is 5. The second-order valence-corrected chi connectivity index (χ2v) is 6.36. The molecule has 2 aromatic carbocycles. The van der Waals surface area contributed by atoms with Crippen LogP contribution in [-0.4, -0.2) is 11.9 Å². The van der Waals surface area contributed by atoms with Gasteiger partial charge in [-0.1, -0.05) is 0 Å². The molecule has 0 spiro atoms. The van der Waals surface area contributed by atoms with E-state index in [0.717, 1.165) is 16.5 Å². The lowest BCUT2D eigenvalue weighted by molar-refractivity contribution is -0.114. The SMILES string of the molecule is CC(=O)Nc1ccc(C(=O)OCc2cc(=O)oc3cc(C)c(C)cc23)cc1. The molecule has 0 atom stereocenters. The number of esters is 1. The number of amides is 1. The number of nitrogens with one attached hydrogen (secondary N) is 1. The third-order valence-electron chi connectivity index (χ3n) is 4.24. The van der Waals surface area contributed by atoms with Gasteiger partial charge >= 0.3 is 11.6 Å². The average molecular weight is 365 g/mol. The molecule has 1 amide bonds. The Morgan fingerprint density at radius 3 is 2.37 bits per heavy atom. The van der Waals surface area contributed by atoms with E-state index in [1.807, 2.05) is 19.9 Å². The molecule has 0 aliphatic carbocycles. The first-order chi connectivity index (χ1) is 12.8. The highest BCUT2D eigenvalue weighted by atomic mass is 16.5. The number of ether oxygens (including phenoxy) is 1.